The van der Waals surface area contributed by atoms with Gasteiger partial charge in [-0.2, -0.15) is 4.37 Å². The van der Waals surface area contributed by atoms with E-state index in [0.29, 0.717) is 29.6 Å². The maximum atomic E-state index is 13.2. The van der Waals surface area contributed by atoms with E-state index in [1.165, 1.54) is 35.8 Å². The second-order valence-electron chi connectivity index (χ2n) is 7.42. The average molecular weight is 463 g/mol. The van der Waals surface area contributed by atoms with Gasteiger partial charge in [0.15, 0.2) is 0 Å². The van der Waals surface area contributed by atoms with Crippen LogP contribution in [0.15, 0.2) is 78.9 Å². The minimum Gasteiger partial charge on any atom is -0.497 e. The molecule has 3 aromatic carbocycles. The lowest BCUT2D eigenvalue weighted by Gasteiger charge is -2.21. The molecule has 168 valence electrons. The van der Waals surface area contributed by atoms with Gasteiger partial charge in [0.2, 0.25) is 11.0 Å². The maximum Gasteiger partial charge on any atom is 0.243 e. The van der Waals surface area contributed by atoms with E-state index in [9.17, 15) is 9.18 Å². The zero-order valence-electron chi connectivity index (χ0n) is 18.1. The Bertz CT molecular complexity index is 1200. The number of anilines is 2. The van der Waals surface area contributed by atoms with Gasteiger partial charge in [0.25, 0.3) is 0 Å². The first-order chi connectivity index (χ1) is 16.1. The Balaban J connectivity index is 1.50. The van der Waals surface area contributed by atoms with E-state index in [2.05, 4.69) is 9.69 Å². The van der Waals surface area contributed by atoms with Crippen molar-refractivity contribution < 1.29 is 13.9 Å². The van der Waals surface area contributed by atoms with Gasteiger partial charge >= 0.3 is 0 Å². The summed E-state index contributed by atoms with van der Waals surface area (Å²) in [5.74, 6) is 0.893. The van der Waals surface area contributed by atoms with Gasteiger partial charge in [-0.05, 0) is 47.5 Å². The lowest BCUT2D eigenvalue weighted by molar-refractivity contribution is -0.115. The van der Waals surface area contributed by atoms with Gasteiger partial charge in [0.1, 0.15) is 17.4 Å². The number of benzene rings is 3. The van der Waals surface area contributed by atoms with Crippen LogP contribution in [0.1, 0.15) is 17.0 Å². The Morgan fingerprint density at radius 2 is 1.79 bits per heavy atom. The van der Waals surface area contributed by atoms with Crippen LogP contribution in [-0.2, 0) is 17.8 Å². The summed E-state index contributed by atoms with van der Waals surface area (Å²) in [5, 5.41) is 3.47. The lowest BCUT2D eigenvalue weighted by atomic mass is 10.1. The molecule has 1 N–H and O–H groups in total. The number of nitrogens with one attached hydrogen (secondary N) is 1. The summed E-state index contributed by atoms with van der Waals surface area (Å²) >= 11 is 1.26. The molecule has 0 aliphatic rings. The Hall–Kier alpha value is -3.78. The minimum absolute atomic E-state index is 0.0834. The Kier molecular flexibility index (Phi) is 7.26. The molecule has 1 amide bonds. The molecule has 0 aliphatic carbocycles. The number of nitrogens with zero attached hydrogens (tertiary/aromatic N) is 3. The highest BCUT2D eigenvalue weighted by atomic mass is 32.1. The van der Waals surface area contributed by atoms with Crippen LogP contribution in [0.4, 0.5) is 15.2 Å². The van der Waals surface area contributed by atoms with Crippen molar-refractivity contribution in [3.63, 3.8) is 0 Å². The van der Waals surface area contributed by atoms with Gasteiger partial charge in [-0.1, -0.05) is 42.5 Å². The first-order valence-corrected chi connectivity index (χ1v) is 11.2. The van der Waals surface area contributed by atoms with E-state index < -0.39 is 0 Å². The van der Waals surface area contributed by atoms with Crippen molar-refractivity contribution in [2.45, 2.75) is 13.0 Å². The van der Waals surface area contributed by atoms with Crippen LogP contribution < -0.4 is 15.0 Å². The molecule has 0 radical (unpaired) electrons. The molecule has 1 heterocycles. The number of rotatable bonds is 9. The minimum atomic E-state index is -0.351. The number of carbonyl (C=O) groups is 1. The third-order valence-electron chi connectivity index (χ3n) is 4.90. The van der Waals surface area contributed by atoms with E-state index >= 15 is 0 Å². The molecular weight excluding hydrogens is 439 g/mol. The number of hydrogen-bond donors (Lipinski definition) is 1. The SMILES string of the molecule is COc1cccc(Cc2nsc(N(CC(=O)Nc3ccc(F)cc3)Cc3ccccc3)n2)c1. The van der Waals surface area contributed by atoms with Crippen LogP contribution in [0, 0.1) is 5.82 Å². The maximum absolute atomic E-state index is 13.2. The monoisotopic (exact) mass is 462 g/mol. The molecule has 0 spiro atoms. The first kappa shape index (κ1) is 22.4. The standard InChI is InChI=1S/C25H23FN4O2S/c1-32-22-9-5-8-19(14-22)15-23-28-25(33-29-23)30(16-18-6-3-2-4-7-18)17-24(31)27-21-12-10-20(26)11-13-21/h2-14H,15-17H2,1H3,(H,27,31). The van der Waals surface area contributed by atoms with E-state index in [0.717, 1.165) is 16.9 Å². The highest BCUT2D eigenvalue weighted by molar-refractivity contribution is 7.09. The molecule has 0 atom stereocenters. The summed E-state index contributed by atoms with van der Waals surface area (Å²) in [6, 6.07) is 23.4. The predicted octanol–water partition coefficient (Wildman–Crippen LogP) is 4.92. The second-order valence-corrected chi connectivity index (χ2v) is 8.15. The molecule has 4 rings (SSSR count). The van der Waals surface area contributed by atoms with Gasteiger partial charge in [0.05, 0.1) is 13.7 Å². The number of amides is 1. The molecule has 0 bridgehead atoms. The van der Waals surface area contributed by atoms with Crippen LogP contribution >= 0.6 is 11.5 Å². The number of methoxy groups -OCH3 is 1. The number of halogens is 1. The highest BCUT2D eigenvalue weighted by Gasteiger charge is 2.17. The molecule has 8 heteroatoms. The third kappa shape index (κ3) is 6.36. The topological polar surface area (TPSA) is 67.3 Å². The van der Waals surface area contributed by atoms with Crippen LogP contribution in [-0.4, -0.2) is 28.9 Å². The molecule has 0 fully saturated rings. The molecular formula is C25H23FN4O2S. The number of carbonyl (C=O) groups excluding carboxylic acids is 1. The van der Waals surface area contributed by atoms with Crippen molar-refractivity contribution in [3.05, 3.63) is 102 Å². The van der Waals surface area contributed by atoms with Crippen molar-refractivity contribution in [3.8, 4) is 5.75 Å². The summed E-state index contributed by atoms with van der Waals surface area (Å²) in [6.07, 6.45) is 0.564. The largest absolute Gasteiger partial charge is 0.497 e. The zero-order chi connectivity index (χ0) is 23.0. The number of ether oxygens (including phenoxy) is 1. The third-order valence-corrected chi connectivity index (χ3v) is 5.72. The van der Waals surface area contributed by atoms with Gasteiger partial charge < -0.3 is 15.0 Å². The molecule has 0 unspecified atom stereocenters. The van der Waals surface area contributed by atoms with Crippen molar-refractivity contribution in [2.75, 3.05) is 23.9 Å². The van der Waals surface area contributed by atoms with Crippen LogP contribution in [0.2, 0.25) is 0 Å². The Morgan fingerprint density at radius 1 is 1.03 bits per heavy atom. The second kappa shape index (κ2) is 10.7. The summed E-state index contributed by atoms with van der Waals surface area (Å²) < 4.78 is 23.0. The van der Waals surface area contributed by atoms with E-state index in [1.54, 1.807) is 7.11 Å². The molecule has 6 nitrogen and oxygen atoms in total. The molecule has 0 saturated carbocycles. The Labute approximate surface area is 195 Å². The van der Waals surface area contributed by atoms with Gasteiger partial charge in [-0.15, -0.1) is 0 Å². The van der Waals surface area contributed by atoms with Crippen molar-refractivity contribution in [1.29, 1.82) is 0 Å². The summed E-state index contributed by atoms with van der Waals surface area (Å²) in [5.41, 5.74) is 2.64. The van der Waals surface area contributed by atoms with Gasteiger partial charge in [0, 0.05) is 30.2 Å². The first-order valence-electron chi connectivity index (χ1n) is 10.4. The molecule has 1 aromatic heterocycles. The quantitative estimate of drug-likeness (QED) is 0.382. The number of hydrogen-bond acceptors (Lipinski definition) is 6. The van der Waals surface area contributed by atoms with E-state index in [-0.39, 0.29) is 18.3 Å². The van der Waals surface area contributed by atoms with Crippen molar-refractivity contribution in [1.82, 2.24) is 9.36 Å². The summed E-state index contributed by atoms with van der Waals surface area (Å²) in [6.45, 7) is 0.589. The lowest BCUT2D eigenvalue weighted by Crippen LogP contribution is -2.33. The van der Waals surface area contributed by atoms with Crippen molar-refractivity contribution in [2.24, 2.45) is 0 Å². The summed E-state index contributed by atoms with van der Waals surface area (Å²) in [7, 11) is 1.64. The normalized spacial score (nSPS) is 10.6. The van der Waals surface area contributed by atoms with Crippen LogP contribution in [0.3, 0.4) is 0 Å². The molecule has 0 aliphatic heterocycles. The van der Waals surface area contributed by atoms with E-state index in [1.807, 2.05) is 59.5 Å². The van der Waals surface area contributed by atoms with Gasteiger partial charge in [-0.25, -0.2) is 9.37 Å². The predicted molar refractivity (Wildman–Crippen MR) is 128 cm³/mol. The average Bonchev–Trinajstić information content (AvgIpc) is 3.29. The van der Waals surface area contributed by atoms with Crippen LogP contribution in [0.25, 0.3) is 0 Å². The van der Waals surface area contributed by atoms with Gasteiger partial charge in [-0.3, -0.25) is 4.79 Å². The zero-order valence-corrected chi connectivity index (χ0v) is 18.9. The van der Waals surface area contributed by atoms with E-state index in [4.69, 9.17) is 9.72 Å². The number of aromatic nitrogens is 2. The molecule has 4 aromatic rings. The fourth-order valence-corrected chi connectivity index (χ4v) is 4.00. The smallest absolute Gasteiger partial charge is 0.243 e. The molecule has 33 heavy (non-hydrogen) atoms. The van der Waals surface area contributed by atoms with Crippen molar-refractivity contribution >= 4 is 28.3 Å². The highest BCUT2D eigenvalue weighted by Crippen LogP contribution is 2.22. The fraction of sp³-hybridized carbons (Fsp3) is 0.160. The molecule has 0 saturated heterocycles. The van der Waals surface area contributed by atoms with Crippen LogP contribution in [0.5, 0.6) is 5.75 Å². The Morgan fingerprint density at radius 3 is 2.55 bits per heavy atom. The fourth-order valence-electron chi connectivity index (χ4n) is 3.31. The summed E-state index contributed by atoms with van der Waals surface area (Å²) in [4.78, 5) is 19.3.